The lowest BCUT2D eigenvalue weighted by Crippen LogP contribution is -2.45. The van der Waals surface area contributed by atoms with E-state index in [1.807, 2.05) is 48.8 Å². The molecule has 2 heterocycles. The summed E-state index contributed by atoms with van der Waals surface area (Å²) >= 11 is 0. The molecule has 2 amide bonds. The molecule has 1 fully saturated rings. The van der Waals surface area contributed by atoms with Crippen LogP contribution in [0.2, 0.25) is 0 Å². The van der Waals surface area contributed by atoms with Crippen molar-refractivity contribution in [2.45, 2.75) is 19.4 Å². The highest BCUT2D eigenvalue weighted by molar-refractivity contribution is 5.77. The molecule has 4 rings (SSSR count). The fourth-order valence-corrected chi connectivity index (χ4v) is 3.63. The molecule has 1 aliphatic heterocycles. The Morgan fingerprint density at radius 1 is 1.19 bits per heavy atom. The number of fused-ring (bicyclic) bond motifs is 1. The molecule has 0 aliphatic carbocycles. The first-order chi connectivity index (χ1) is 13.2. The quantitative estimate of drug-likeness (QED) is 0.748. The number of aliphatic hydroxyl groups is 1. The molecule has 1 atom stereocenters. The Labute approximate surface area is 158 Å². The lowest BCUT2D eigenvalue weighted by molar-refractivity contribution is 0.129. The van der Waals surface area contributed by atoms with Crippen LogP contribution in [0.25, 0.3) is 16.7 Å². The number of hydrogen-bond donors (Lipinski definition) is 2. The normalized spacial score (nSPS) is 17.2. The molecule has 27 heavy (non-hydrogen) atoms. The van der Waals surface area contributed by atoms with Gasteiger partial charge in [-0.2, -0.15) is 0 Å². The monoisotopic (exact) mass is 364 g/mol. The molecule has 1 unspecified atom stereocenters. The van der Waals surface area contributed by atoms with E-state index in [-0.39, 0.29) is 18.6 Å². The Morgan fingerprint density at radius 3 is 2.81 bits per heavy atom. The molecule has 1 aliphatic rings. The van der Waals surface area contributed by atoms with Crippen molar-refractivity contribution < 1.29 is 9.90 Å². The molecule has 6 nitrogen and oxygen atoms in total. The van der Waals surface area contributed by atoms with Crippen molar-refractivity contribution in [1.82, 2.24) is 19.8 Å². The van der Waals surface area contributed by atoms with Crippen molar-refractivity contribution in [3.63, 3.8) is 0 Å². The van der Waals surface area contributed by atoms with E-state index in [9.17, 15) is 9.90 Å². The number of hydrogen-bond acceptors (Lipinski definition) is 3. The maximum atomic E-state index is 12.4. The number of likely N-dealkylation sites (tertiary alicyclic amines) is 1. The van der Waals surface area contributed by atoms with Crippen molar-refractivity contribution in [3.05, 3.63) is 60.4 Å². The highest BCUT2D eigenvalue weighted by atomic mass is 16.3. The van der Waals surface area contributed by atoms with E-state index in [1.165, 1.54) is 0 Å². The summed E-state index contributed by atoms with van der Waals surface area (Å²) < 4.78 is 2.06. The SMILES string of the molecule is O=C(NCc1ccc(-n2cnc3ccccc32)cc1)N1CCCC(CO)C1. The van der Waals surface area contributed by atoms with Crippen LogP contribution in [0, 0.1) is 5.92 Å². The smallest absolute Gasteiger partial charge is 0.317 e. The molecule has 0 radical (unpaired) electrons. The Bertz CT molecular complexity index is 919. The second-order valence-corrected chi connectivity index (χ2v) is 7.07. The Hall–Kier alpha value is -2.86. The number of carbonyl (C=O) groups is 1. The number of carbonyl (C=O) groups excluding carboxylic acids is 1. The van der Waals surface area contributed by atoms with Gasteiger partial charge in [-0.25, -0.2) is 9.78 Å². The van der Waals surface area contributed by atoms with Crippen LogP contribution in [-0.4, -0.2) is 45.3 Å². The van der Waals surface area contributed by atoms with Crippen molar-refractivity contribution in [3.8, 4) is 5.69 Å². The van der Waals surface area contributed by atoms with Gasteiger partial charge in [0.05, 0.1) is 11.0 Å². The summed E-state index contributed by atoms with van der Waals surface area (Å²) in [6.45, 7) is 2.03. The summed E-state index contributed by atoms with van der Waals surface area (Å²) in [4.78, 5) is 18.6. The zero-order valence-electron chi connectivity index (χ0n) is 15.2. The van der Waals surface area contributed by atoms with Gasteiger partial charge < -0.3 is 15.3 Å². The van der Waals surface area contributed by atoms with E-state index in [2.05, 4.69) is 20.9 Å². The van der Waals surface area contributed by atoms with Crippen molar-refractivity contribution in [2.75, 3.05) is 19.7 Å². The van der Waals surface area contributed by atoms with E-state index in [0.717, 1.165) is 41.7 Å². The number of benzene rings is 2. The first-order valence-corrected chi connectivity index (χ1v) is 9.39. The van der Waals surface area contributed by atoms with Gasteiger partial charge in [-0.05, 0) is 48.6 Å². The molecule has 1 saturated heterocycles. The minimum absolute atomic E-state index is 0.0576. The van der Waals surface area contributed by atoms with Crippen LogP contribution in [0.5, 0.6) is 0 Å². The first-order valence-electron chi connectivity index (χ1n) is 9.39. The van der Waals surface area contributed by atoms with Gasteiger partial charge in [0.15, 0.2) is 0 Å². The number of nitrogens with zero attached hydrogens (tertiary/aromatic N) is 3. The average molecular weight is 364 g/mol. The van der Waals surface area contributed by atoms with Crippen LogP contribution < -0.4 is 5.32 Å². The third kappa shape index (κ3) is 3.80. The number of para-hydroxylation sites is 2. The number of imidazole rings is 1. The van der Waals surface area contributed by atoms with Crippen molar-refractivity contribution in [1.29, 1.82) is 0 Å². The number of amides is 2. The van der Waals surface area contributed by atoms with Gasteiger partial charge in [-0.15, -0.1) is 0 Å². The van der Waals surface area contributed by atoms with Crippen LogP contribution in [0.1, 0.15) is 18.4 Å². The molecule has 1 aromatic heterocycles. The Kier molecular flexibility index (Phi) is 5.07. The molecular formula is C21H24N4O2. The molecule has 3 aromatic rings. The standard InChI is InChI=1S/C21H24N4O2/c26-14-17-4-3-11-24(13-17)21(27)22-12-16-7-9-18(10-8-16)25-15-23-19-5-1-2-6-20(19)25/h1-2,5-10,15,17,26H,3-4,11-14H2,(H,22,27). The maximum Gasteiger partial charge on any atom is 0.317 e. The van der Waals surface area contributed by atoms with Crippen LogP contribution in [-0.2, 0) is 6.54 Å². The molecule has 0 bridgehead atoms. The van der Waals surface area contributed by atoms with E-state index >= 15 is 0 Å². The number of nitrogens with one attached hydrogen (secondary N) is 1. The summed E-state index contributed by atoms with van der Waals surface area (Å²) in [5.74, 6) is 0.203. The maximum absolute atomic E-state index is 12.4. The fourth-order valence-electron chi connectivity index (χ4n) is 3.63. The van der Waals surface area contributed by atoms with Gasteiger partial charge in [0.1, 0.15) is 6.33 Å². The van der Waals surface area contributed by atoms with Crippen LogP contribution in [0.15, 0.2) is 54.9 Å². The lowest BCUT2D eigenvalue weighted by atomic mass is 9.99. The fraction of sp³-hybridized carbons (Fsp3) is 0.333. The lowest BCUT2D eigenvalue weighted by Gasteiger charge is -2.31. The van der Waals surface area contributed by atoms with Gasteiger partial charge >= 0.3 is 6.03 Å². The summed E-state index contributed by atoms with van der Waals surface area (Å²) in [7, 11) is 0. The van der Waals surface area contributed by atoms with Crippen molar-refractivity contribution >= 4 is 17.1 Å². The summed E-state index contributed by atoms with van der Waals surface area (Å²) in [5, 5.41) is 12.3. The van der Waals surface area contributed by atoms with Gasteiger partial charge in [-0.3, -0.25) is 4.57 Å². The average Bonchev–Trinajstić information content (AvgIpc) is 3.16. The minimum Gasteiger partial charge on any atom is -0.396 e. The Balaban J connectivity index is 1.39. The Morgan fingerprint density at radius 2 is 2.00 bits per heavy atom. The molecule has 140 valence electrons. The molecule has 0 saturated carbocycles. The molecule has 2 aromatic carbocycles. The molecule has 2 N–H and O–H groups in total. The molecular weight excluding hydrogens is 340 g/mol. The molecule has 6 heteroatoms. The van der Waals surface area contributed by atoms with Crippen molar-refractivity contribution in [2.24, 2.45) is 5.92 Å². The van der Waals surface area contributed by atoms with Gasteiger partial charge in [0.2, 0.25) is 0 Å². The first kappa shape index (κ1) is 17.5. The number of aliphatic hydroxyl groups excluding tert-OH is 1. The second kappa shape index (κ2) is 7.80. The molecule has 0 spiro atoms. The third-order valence-electron chi connectivity index (χ3n) is 5.18. The zero-order valence-corrected chi connectivity index (χ0v) is 15.2. The number of aromatic nitrogens is 2. The summed E-state index contributed by atoms with van der Waals surface area (Å²) in [6.07, 6.45) is 3.77. The highest BCUT2D eigenvalue weighted by Crippen LogP contribution is 2.19. The third-order valence-corrected chi connectivity index (χ3v) is 5.18. The summed E-state index contributed by atoms with van der Waals surface area (Å²) in [6, 6.07) is 16.1. The van der Waals surface area contributed by atoms with Crippen LogP contribution in [0.4, 0.5) is 4.79 Å². The van der Waals surface area contributed by atoms with Gasteiger partial charge in [-0.1, -0.05) is 24.3 Å². The van der Waals surface area contributed by atoms with Crippen LogP contribution in [0.3, 0.4) is 0 Å². The van der Waals surface area contributed by atoms with E-state index in [4.69, 9.17) is 0 Å². The predicted molar refractivity (Wildman–Crippen MR) is 105 cm³/mol. The van der Waals surface area contributed by atoms with Gasteiger partial charge in [0, 0.05) is 31.9 Å². The number of piperidine rings is 1. The number of urea groups is 1. The van der Waals surface area contributed by atoms with Gasteiger partial charge in [0.25, 0.3) is 0 Å². The summed E-state index contributed by atoms with van der Waals surface area (Å²) in [5.41, 5.74) is 4.13. The topological polar surface area (TPSA) is 70.4 Å². The minimum atomic E-state index is -0.0576. The van der Waals surface area contributed by atoms with Crippen LogP contribution >= 0.6 is 0 Å². The van der Waals surface area contributed by atoms with E-state index in [1.54, 1.807) is 4.90 Å². The predicted octanol–water partition coefficient (Wildman–Crippen LogP) is 2.94. The highest BCUT2D eigenvalue weighted by Gasteiger charge is 2.22. The second-order valence-electron chi connectivity index (χ2n) is 7.07. The van der Waals surface area contributed by atoms with E-state index in [0.29, 0.717) is 13.1 Å². The number of rotatable bonds is 4. The largest absolute Gasteiger partial charge is 0.396 e. The van der Waals surface area contributed by atoms with E-state index < -0.39 is 0 Å². The zero-order chi connectivity index (χ0) is 18.6.